The molecule has 0 radical (unpaired) electrons. The van der Waals surface area contributed by atoms with Crippen LogP contribution < -0.4 is 5.32 Å². The van der Waals surface area contributed by atoms with E-state index in [2.05, 4.69) is 5.32 Å². The van der Waals surface area contributed by atoms with E-state index in [4.69, 9.17) is 4.74 Å². The molecule has 0 heterocycles. The number of methoxy groups -OCH3 is 1. The molecule has 64 valence electrons. The molecule has 0 saturated heterocycles. The highest BCUT2D eigenvalue weighted by molar-refractivity contribution is 5.87. The number of hydrogen-bond donors (Lipinski definition) is 1. The SMILES string of the molecule is COCCNC/C=C/C(C)=O. The van der Waals surface area contributed by atoms with Crippen LogP contribution in [0.3, 0.4) is 0 Å². The van der Waals surface area contributed by atoms with Crippen LogP contribution in [0.5, 0.6) is 0 Å². The average molecular weight is 157 g/mol. The highest BCUT2D eigenvalue weighted by atomic mass is 16.5. The van der Waals surface area contributed by atoms with Crippen molar-refractivity contribution >= 4 is 5.78 Å². The lowest BCUT2D eigenvalue weighted by atomic mass is 10.4. The van der Waals surface area contributed by atoms with E-state index < -0.39 is 0 Å². The quantitative estimate of drug-likeness (QED) is 0.447. The van der Waals surface area contributed by atoms with Crippen molar-refractivity contribution in [2.75, 3.05) is 26.8 Å². The Morgan fingerprint density at radius 1 is 1.64 bits per heavy atom. The van der Waals surface area contributed by atoms with E-state index in [1.165, 1.54) is 6.92 Å². The lowest BCUT2D eigenvalue weighted by molar-refractivity contribution is -0.112. The van der Waals surface area contributed by atoms with Gasteiger partial charge >= 0.3 is 0 Å². The maximum atomic E-state index is 10.4. The normalized spacial score (nSPS) is 10.7. The third-order valence-electron chi connectivity index (χ3n) is 1.10. The average Bonchev–Trinajstić information content (AvgIpc) is 1.96. The fraction of sp³-hybridized carbons (Fsp3) is 0.625. The third kappa shape index (κ3) is 9.33. The second-order valence-electron chi connectivity index (χ2n) is 2.21. The molecule has 1 N–H and O–H groups in total. The number of ketones is 1. The molecule has 11 heavy (non-hydrogen) atoms. The van der Waals surface area contributed by atoms with E-state index >= 15 is 0 Å². The zero-order chi connectivity index (χ0) is 8.53. The Morgan fingerprint density at radius 3 is 2.91 bits per heavy atom. The molecule has 0 rings (SSSR count). The number of carbonyl (C=O) groups is 1. The first kappa shape index (κ1) is 10.3. The van der Waals surface area contributed by atoms with Crippen LogP contribution in [-0.2, 0) is 9.53 Å². The molecule has 0 bridgehead atoms. The van der Waals surface area contributed by atoms with Gasteiger partial charge in [-0.05, 0) is 13.0 Å². The molecule has 0 atom stereocenters. The Labute approximate surface area is 67.4 Å². The minimum absolute atomic E-state index is 0.0820. The summed E-state index contributed by atoms with van der Waals surface area (Å²) in [5.41, 5.74) is 0. The van der Waals surface area contributed by atoms with Crippen LogP contribution in [0.2, 0.25) is 0 Å². The summed E-state index contributed by atoms with van der Waals surface area (Å²) in [5.74, 6) is 0.0820. The number of rotatable bonds is 6. The number of allylic oxidation sites excluding steroid dienone is 1. The largest absolute Gasteiger partial charge is 0.383 e. The van der Waals surface area contributed by atoms with E-state index in [1.54, 1.807) is 19.3 Å². The number of nitrogens with one attached hydrogen (secondary N) is 1. The second kappa shape index (κ2) is 7.44. The molecule has 0 aliphatic carbocycles. The highest BCUT2D eigenvalue weighted by Gasteiger charge is 1.82. The molecule has 0 amide bonds. The molecule has 0 unspecified atom stereocenters. The minimum Gasteiger partial charge on any atom is -0.383 e. The first-order valence-electron chi connectivity index (χ1n) is 3.64. The topological polar surface area (TPSA) is 38.3 Å². The zero-order valence-electron chi connectivity index (χ0n) is 7.09. The van der Waals surface area contributed by atoms with Gasteiger partial charge in [0.25, 0.3) is 0 Å². The van der Waals surface area contributed by atoms with Gasteiger partial charge in [-0.3, -0.25) is 4.79 Å². The summed E-state index contributed by atoms with van der Waals surface area (Å²) in [5, 5.41) is 3.08. The molecule has 0 spiro atoms. The molecular weight excluding hydrogens is 142 g/mol. The van der Waals surface area contributed by atoms with Crippen LogP contribution in [0.1, 0.15) is 6.92 Å². The fourth-order valence-corrected chi connectivity index (χ4v) is 0.585. The molecule has 0 aromatic heterocycles. The van der Waals surface area contributed by atoms with Gasteiger partial charge in [-0.15, -0.1) is 0 Å². The Morgan fingerprint density at radius 2 is 2.36 bits per heavy atom. The van der Waals surface area contributed by atoms with Gasteiger partial charge in [0.2, 0.25) is 0 Å². The number of ether oxygens (including phenoxy) is 1. The Balaban J connectivity index is 3.07. The van der Waals surface area contributed by atoms with Gasteiger partial charge in [0.05, 0.1) is 6.61 Å². The molecular formula is C8H15NO2. The fourth-order valence-electron chi connectivity index (χ4n) is 0.585. The van der Waals surface area contributed by atoms with Gasteiger partial charge in [-0.1, -0.05) is 6.08 Å². The summed E-state index contributed by atoms with van der Waals surface area (Å²) in [7, 11) is 1.66. The molecule has 0 aromatic carbocycles. The molecule has 0 saturated carbocycles. The summed E-state index contributed by atoms with van der Waals surface area (Å²) in [6.45, 7) is 3.78. The summed E-state index contributed by atoms with van der Waals surface area (Å²) in [4.78, 5) is 10.4. The van der Waals surface area contributed by atoms with Gasteiger partial charge in [0.15, 0.2) is 5.78 Å². The monoisotopic (exact) mass is 157 g/mol. The van der Waals surface area contributed by atoms with Crippen molar-refractivity contribution in [2.45, 2.75) is 6.92 Å². The second-order valence-corrected chi connectivity index (χ2v) is 2.21. The maximum Gasteiger partial charge on any atom is 0.152 e. The molecule has 0 aliphatic heterocycles. The van der Waals surface area contributed by atoms with Crippen molar-refractivity contribution in [3.63, 3.8) is 0 Å². The van der Waals surface area contributed by atoms with Crippen molar-refractivity contribution in [2.24, 2.45) is 0 Å². The van der Waals surface area contributed by atoms with E-state index in [0.29, 0.717) is 6.61 Å². The van der Waals surface area contributed by atoms with Crippen LogP contribution in [-0.4, -0.2) is 32.6 Å². The van der Waals surface area contributed by atoms with Crippen LogP contribution >= 0.6 is 0 Å². The maximum absolute atomic E-state index is 10.4. The summed E-state index contributed by atoms with van der Waals surface area (Å²) < 4.78 is 4.82. The first-order chi connectivity index (χ1) is 5.27. The molecule has 0 aromatic rings. The first-order valence-corrected chi connectivity index (χ1v) is 3.64. The third-order valence-corrected chi connectivity index (χ3v) is 1.10. The predicted octanol–water partition coefficient (Wildman–Crippen LogP) is 0.368. The van der Waals surface area contributed by atoms with Gasteiger partial charge in [-0.2, -0.15) is 0 Å². The van der Waals surface area contributed by atoms with Crippen molar-refractivity contribution in [3.05, 3.63) is 12.2 Å². The van der Waals surface area contributed by atoms with Gasteiger partial charge < -0.3 is 10.1 Å². The van der Waals surface area contributed by atoms with Gasteiger partial charge in [0, 0.05) is 20.2 Å². The van der Waals surface area contributed by atoms with Crippen LogP contribution in [0.15, 0.2) is 12.2 Å². The van der Waals surface area contributed by atoms with E-state index in [-0.39, 0.29) is 5.78 Å². The number of carbonyl (C=O) groups excluding carboxylic acids is 1. The van der Waals surface area contributed by atoms with Crippen molar-refractivity contribution in [1.82, 2.24) is 5.32 Å². The Kier molecular flexibility index (Phi) is 6.98. The standard InChI is InChI=1S/C8H15NO2/c1-8(10)4-3-5-9-6-7-11-2/h3-4,9H,5-7H2,1-2H3/b4-3+. The molecule has 0 fully saturated rings. The van der Waals surface area contributed by atoms with Crippen LogP contribution in [0.25, 0.3) is 0 Å². The smallest absolute Gasteiger partial charge is 0.152 e. The van der Waals surface area contributed by atoms with Crippen molar-refractivity contribution in [1.29, 1.82) is 0 Å². The van der Waals surface area contributed by atoms with Gasteiger partial charge in [0.1, 0.15) is 0 Å². The van der Waals surface area contributed by atoms with E-state index in [0.717, 1.165) is 13.1 Å². The van der Waals surface area contributed by atoms with E-state index in [1.807, 2.05) is 0 Å². The zero-order valence-corrected chi connectivity index (χ0v) is 7.09. The van der Waals surface area contributed by atoms with Crippen molar-refractivity contribution < 1.29 is 9.53 Å². The van der Waals surface area contributed by atoms with E-state index in [9.17, 15) is 4.79 Å². The summed E-state index contributed by atoms with van der Waals surface area (Å²) in [6, 6.07) is 0. The minimum atomic E-state index is 0.0820. The van der Waals surface area contributed by atoms with Crippen LogP contribution in [0, 0.1) is 0 Å². The van der Waals surface area contributed by atoms with Crippen LogP contribution in [0.4, 0.5) is 0 Å². The van der Waals surface area contributed by atoms with Gasteiger partial charge in [-0.25, -0.2) is 0 Å². The Hall–Kier alpha value is -0.670. The lowest BCUT2D eigenvalue weighted by Crippen LogP contribution is -2.18. The lowest BCUT2D eigenvalue weighted by Gasteiger charge is -1.97. The number of hydrogen-bond acceptors (Lipinski definition) is 3. The Bertz CT molecular complexity index is 132. The molecule has 0 aliphatic rings. The van der Waals surface area contributed by atoms with Crippen molar-refractivity contribution in [3.8, 4) is 0 Å². The molecule has 3 nitrogen and oxygen atoms in total. The highest BCUT2D eigenvalue weighted by Crippen LogP contribution is 1.73. The summed E-state index contributed by atoms with van der Waals surface area (Å²) >= 11 is 0. The predicted molar refractivity (Wildman–Crippen MR) is 44.6 cm³/mol. The summed E-state index contributed by atoms with van der Waals surface area (Å²) in [6.07, 6.45) is 3.36. The molecule has 3 heteroatoms.